The van der Waals surface area contributed by atoms with Crippen LogP contribution >= 0.6 is 0 Å². The van der Waals surface area contributed by atoms with Crippen LogP contribution in [-0.4, -0.2) is 22.3 Å². The maximum atomic E-state index is 13.7. The Bertz CT molecular complexity index is 199. The number of alkyl halides is 1. The van der Waals surface area contributed by atoms with Gasteiger partial charge in [-0.25, -0.2) is 4.39 Å². The van der Waals surface area contributed by atoms with E-state index in [4.69, 9.17) is 10.8 Å². The Balaban J connectivity index is 5.35. The lowest BCUT2D eigenvalue weighted by molar-refractivity contribution is -0.156. The van der Waals surface area contributed by atoms with Crippen LogP contribution in [0.4, 0.5) is 4.39 Å². The van der Waals surface area contributed by atoms with Crippen LogP contribution < -0.4 is 5.73 Å². The van der Waals surface area contributed by atoms with Gasteiger partial charge in [-0.05, 0) is 19.3 Å². The summed E-state index contributed by atoms with van der Waals surface area (Å²) in [5, 5.41) is 8.94. The largest absolute Gasteiger partial charge is 0.480 e. The number of carboxylic acids is 1. The van der Waals surface area contributed by atoms with E-state index < -0.39 is 22.6 Å². The first-order valence-electron chi connectivity index (χ1n) is 4.16. The monoisotopic (exact) mass is 191 g/mol. The molecule has 3 nitrogen and oxygen atoms in total. The molecule has 0 aromatic carbocycles. The first-order chi connectivity index (χ1) is 5.44. The molecule has 0 aliphatic heterocycles. The van der Waals surface area contributed by atoms with Gasteiger partial charge in [-0.15, -0.1) is 0 Å². The van der Waals surface area contributed by atoms with E-state index in [1.807, 2.05) is 0 Å². The molecular weight excluding hydrogens is 173 g/mol. The van der Waals surface area contributed by atoms with Crippen molar-refractivity contribution in [3.05, 3.63) is 0 Å². The van der Waals surface area contributed by atoms with Crippen molar-refractivity contribution in [2.24, 2.45) is 11.1 Å². The summed E-state index contributed by atoms with van der Waals surface area (Å²) < 4.78 is 13.7. The summed E-state index contributed by atoms with van der Waals surface area (Å²) in [6.45, 7) is 7.21. The molecule has 0 bridgehead atoms. The van der Waals surface area contributed by atoms with Gasteiger partial charge < -0.3 is 10.8 Å². The summed E-state index contributed by atoms with van der Waals surface area (Å²) in [5.74, 6) is -1.31. The lowest BCUT2D eigenvalue weighted by atomic mass is 9.66. The van der Waals surface area contributed by atoms with E-state index in [0.717, 1.165) is 0 Å². The summed E-state index contributed by atoms with van der Waals surface area (Å²) >= 11 is 0. The number of aliphatic carboxylic acids is 1. The summed E-state index contributed by atoms with van der Waals surface area (Å²) in [6, 6.07) is 0. The van der Waals surface area contributed by atoms with Crippen molar-refractivity contribution in [3.63, 3.8) is 0 Å². The highest BCUT2D eigenvalue weighted by Gasteiger charge is 2.56. The Hall–Kier alpha value is -0.640. The molecule has 3 N–H and O–H groups in total. The molecule has 0 spiro atoms. The predicted octanol–water partition coefficient (Wildman–Crippen LogP) is 1.56. The fraction of sp³-hybridized carbons (Fsp3) is 0.889. The smallest absolute Gasteiger partial charge is 0.327 e. The Morgan fingerprint density at radius 2 is 1.54 bits per heavy atom. The minimum absolute atomic E-state index is 0.836. The molecule has 0 amide bonds. The lowest BCUT2D eigenvalue weighted by Crippen LogP contribution is -2.68. The van der Waals surface area contributed by atoms with Crippen molar-refractivity contribution in [3.8, 4) is 0 Å². The quantitative estimate of drug-likeness (QED) is 0.696. The molecule has 0 aliphatic rings. The van der Waals surface area contributed by atoms with E-state index in [1.54, 1.807) is 20.8 Å². The molecule has 0 saturated carbocycles. The molecule has 13 heavy (non-hydrogen) atoms. The van der Waals surface area contributed by atoms with Gasteiger partial charge in [0, 0.05) is 0 Å². The maximum absolute atomic E-state index is 13.7. The first-order valence-corrected chi connectivity index (χ1v) is 4.16. The van der Waals surface area contributed by atoms with Crippen LogP contribution in [0.5, 0.6) is 0 Å². The van der Waals surface area contributed by atoms with Gasteiger partial charge in [0.2, 0.25) is 0 Å². The van der Waals surface area contributed by atoms with E-state index >= 15 is 0 Å². The number of carboxylic acid groups (broad SMARTS) is 1. The second-order valence-electron chi connectivity index (χ2n) is 4.84. The number of carbonyl (C=O) groups is 1. The van der Waals surface area contributed by atoms with Gasteiger partial charge in [0.15, 0.2) is 5.54 Å². The maximum Gasteiger partial charge on any atom is 0.327 e. The van der Waals surface area contributed by atoms with Gasteiger partial charge in [-0.1, -0.05) is 20.8 Å². The van der Waals surface area contributed by atoms with Crippen LogP contribution in [0.1, 0.15) is 34.6 Å². The van der Waals surface area contributed by atoms with Crippen LogP contribution in [0, 0.1) is 5.41 Å². The Kier molecular flexibility index (Phi) is 2.80. The molecule has 0 aliphatic carbocycles. The summed E-state index contributed by atoms with van der Waals surface area (Å²) in [5.41, 5.74) is 0.948. The highest BCUT2D eigenvalue weighted by Crippen LogP contribution is 2.39. The van der Waals surface area contributed by atoms with Gasteiger partial charge in [0.05, 0.1) is 0 Å². The molecule has 78 valence electrons. The van der Waals surface area contributed by atoms with E-state index in [1.165, 1.54) is 13.8 Å². The van der Waals surface area contributed by atoms with Gasteiger partial charge in [-0.3, -0.25) is 4.79 Å². The third-order valence-electron chi connectivity index (χ3n) is 2.46. The molecule has 4 heteroatoms. The highest BCUT2D eigenvalue weighted by atomic mass is 19.1. The zero-order valence-electron chi connectivity index (χ0n) is 8.81. The van der Waals surface area contributed by atoms with Crippen molar-refractivity contribution in [2.45, 2.75) is 45.8 Å². The molecule has 0 heterocycles. The highest BCUT2D eigenvalue weighted by molar-refractivity contribution is 5.81. The molecule has 0 rings (SSSR count). The predicted molar refractivity (Wildman–Crippen MR) is 49.2 cm³/mol. The molecule has 1 unspecified atom stereocenters. The van der Waals surface area contributed by atoms with Crippen molar-refractivity contribution in [1.29, 1.82) is 0 Å². The van der Waals surface area contributed by atoms with Crippen molar-refractivity contribution < 1.29 is 14.3 Å². The minimum Gasteiger partial charge on any atom is -0.480 e. The van der Waals surface area contributed by atoms with Crippen LogP contribution in [0.25, 0.3) is 0 Å². The molecule has 0 aromatic heterocycles. The second kappa shape index (κ2) is 2.94. The molecular formula is C9H18FNO2. The molecule has 1 atom stereocenters. The fourth-order valence-electron chi connectivity index (χ4n) is 1.47. The number of hydrogen-bond donors (Lipinski definition) is 2. The topological polar surface area (TPSA) is 63.3 Å². The number of rotatable bonds is 2. The van der Waals surface area contributed by atoms with Gasteiger partial charge in [0.25, 0.3) is 0 Å². The lowest BCUT2D eigenvalue weighted by Gasteiger charge is -2.44. The molecule has 0 radical (unpaired) electrons. The standard InChI is InChI=1S/C9H18FNO2/c1-7(2,3)9(11,6(12)13)8(4,5)10/h11H2,1-5H3,(H,12,13). The second-order valence-corrected chi connectivity index (χ2v) is 4.84. The SMILES string of the molecule is CC(C)(C)C(N)(C(=O)O)C(C)(C)F. The van der Waals surface area contributed by atoms with Crippen molar-refractivity contribution in [2.75, 3.05) is 0 Å². The minimum atomic E-state index is -1.96. The normalized spacial score (nSPS) is 18.1. The van der Waals surface area contributed by atoms with Gasteiger partial charge >= 0.3 is 5.97 Å². The first kappa shape index (κ1) is 12.4. The molecule has 0 fully saturated rings. The average molecular weight is 191 g/mol. The van der Waals surface area contributed by atoms with E-state index in [0.29, 0.717) is 0 Å². The van der Waals surface area contributed by atoms with Gasteiger partial charge in [0.1, 0.15) is 5.67 Å². The third-order valence-corrected chi connectivity index (χ3v) is 2.46. The van der Waals surface area contributed by atoms with Crippen LogP contribution in [0.15, 0.2) is 0 Å². The van der Waals surface area contributed by atoms with E-state index in [-0.39, 0.29) is 0 Å². The van der Waals surface area contributed by atoms with E-state index in [2.05, 4.69) is 0 Å². The third kappa shape index (κ3) is 1.82. The van der Waals surface area contributed by atoms with E-state index in [9.17, 15) is 9.18 Å². The summed E-state index contributed by atoms with van der Waals surface area (Å²) in [4.78, 5) is 10.9. The number of nitrogens with two attached hydrogens (primary N) is 1. The van der Waals surface area contributed by atoms with Crippen LogP contribution in [-0.2, 0) is 4.79 Å². The average Bonchev–Trinajstić information content (AvgIpc) is 1.80. The Morgan fingerprint density at radius 3 is 1.54 bits per heavy atom. The van der Waals surface area contributed by atoms with Gasteiger partial charge in [-0.2, -0.15) is 0 Å². The van der Waals surface area contributed by atoms with Crippen molar-refractivity contribution >= 4 is 5.97 Å². The Morgan fingerprint density at radius 1 is 1.23 bits per heavy atom. The fourth-order valence-corrected chi connectivity index (χ4v) is 1.47. The number of hydrogen-bond acceptors (Lipinski definition) is 2. The molecule has 0 saturated heterocycles. The number of halogens is 1. The summed E-state index contributed by atoms with van der Waals surface area (Å²) in [7, 11) is 0. The van der Waals surface area contributed by atoms with Crippen molar-refractivity contribution in [1.82, 2.24) is 0 Å². The van der Waals surface area contributed by atoms with Crippen LogP contribution in [0.3, 0.4) is 0 Å². The molecule has 0 aromatic rings. The zero-order valence-corrected chi connectivity index (χ0v) is 8.81. The summed E-state index contributed by atoms with van der Waals surface area (Å²) in [6.07, 6.45) is 0. The zero-order chi connectivity index (χ0) is 11.1. The Labute approximate surface area is 78.1 Å². The van der Waals surface area contributed by atoms with Crippen LogP contribution in [0.2, 0.25) is 0 Å².